The number of carbonyl (C=O) groups is 3. The lowest BCUT2D eigenvalue weighted by Crippen LogP contribution is -2.44. The SMILES string of the molecule is CC(C)[C@H](NC(=O)c1ccc(-c2c(C=Cc3ccc4ccccc4n3)nc3c(N4CCOCC4)ccnn23)cc1)C(=O)O.O=C(O)C(F)(F)F. The molecule has 0 saturated carbocycles. The predicted octanol–water partition coefficient (Wildman–Crippen LogP) is 5.42. The third kappa shape index (κ3) is 8.23. The highest BCUT2D eigenvalue weighted by atomic mass is 19.4. The largest absolute Gasteiger partial charge is 0.490 e. The van der Waals surface area contributed by atoms with Crippen molar-refractivity contribution >= 4 is 52.2 Å². The van der Waals surface area contributed by atoms with E-state index in [2.05, 4.69) is 15.3 Å². The summed E-state index contributed by atoms with van der Waals surface area (Å²) in [6.45, 7) is 6.31. The van der Waals surface area contributed by atoms with Gasteiger partial charge in [-0.2, -0.15) is 18.3 Å². The van der Waals surface area contributed by atoms with E-state index in [1.54, 1.807) is 32.2 Å². The van der Waals surface area contributed by atoms with E-state index < -0.39 is 30.1 Å². The molecular formula is C35H33F3N6O6. The van der Waals surface area contributed by atoms with E-state index >= 15 is 0 Å². The second-order valence-corrected chi connectivity index (χ2v) is 11.6. The van der Waals surface area contributed by atoms with Crippen LogP contribution < -0.4 is 10.2 Å². The van der Waals surface area contributed by atoms with E-state index in [0.29, 0.717) is 30.1 Å². The summed E-state index contributed by atoms with van der Waals surface area (Å²) in [5, 5.41) is 25.0. The van der Waals surface area contributed by atoms with Gasteiger partial charge in [-0.3, -0.25) is 4.79 Å². The van der Waals surface area contributed by atoms with Crippen molar-refractivity contribution in [3.05, 3.63) is 89.9 Å². The number of aromatic nitrogens is 4. The van der Waals surface area contributed by atoms with Crippen molar-refractivity contribution < 1.29 is 42.5 Å². The van der Waals surface area contributed by atoms with Crippen LogP contribution in [0.2, 0.25) is 0 Å². The van der Waals surface area contributed by atoms with Gasteiger partial charge in [-0.15, -0.1) is 0 Å². The monoisotopic (exact) mass is 690 g/mol. The highest BCUT2D eigenvalue weighted by Crippen LogP contribution is 2.31. The summed E-state index contributed by atoms with van der Waals surface area (Å²) in [6, 6.07) is 20.0. The number of hydrogen-bond donors (Lipinski definition) is 3. The smallest absolute Gasteiger partial charge is 0.480 e. The predicted molar refractivity (Wildman–Crippen MR) is 180 cm³/mol. The van der Waals surface area contributed by atoms with Crippen LogP contribution in [0.3, 0.4) is 0 Å². The Hall–Kier alpha value is -5.83. The molecule has 0 aliphatic carbocycles. The van der Waals surface area contributed by atoms with Crippen LogP contribution in [0.4, 0.5) is 18.9 Å². The number of benzene rings is 2. The number of para-hydroxylation sites is 1. The maximum absolute atomic E-state index is 12.9. The van der Waals surface area contributed by atoms with Gasteiger partial charge in [0.2, 0.25) is 0 Å². The average Bonchev–Trinajstić information content (AvgIpc) is 3.48. The Morgan fingerprint density at radius 2 is 1.60 bits per heavy atom. The van der Waals surface area contributed by atoms with E-state index in [-0.39, 0.29) is 5.92 Å². The molecule has 2 aromatic carbocycles. The molecule has 3 aromatic heterocycles. The molecule has 260 valence electrons. The van der Waals surface area contributed by atoms with E-state index in [1.807, 2.05) is 71.3 Å². The number of aliphatic carboxylic acids is 2. The highest BCUT2D eigenvalue weighted by Gasteiger charge is 2.38. The minimum atomic E-state index is -5.08. The summed E-state index contributed by atoms with van der Waals surface area (Å²) in [5.41, 5.74) is 6.02. The minimum Gasteiger partial charge on any atom is -0.480 e. The lowest BCUT2D eigenvalue weighted by Gasteiger charge is -2.28. The van der Waals surface area contributed by atoms with Crippen LogP contribution in [0.25, 0.3) is 40.0 Å². The summed E-state index contributed by atoms with van der Waals surface area (Å²) in [5.74, 6) is -4.52. The first-order valence-electron chi connectivity index (χ1n) is 15.5. The van der Waals surface area contributed by atoms with Crippen LogP contribution in [0.15, 0.2) is 72.9 Å². The number of pyridine rings is 1. The molecule has 12 nitrogen and oxygen atoms in total. The highest BCUT2D eigenvalue weighted by molar-refractivity contribution is 5.97. The van der Waals surface area contributed by atoms with Crippen molar-refractivity contribution in [1.29, 1.82) is 0 Å². The summed E-state index contributed by atoms with van der Waals surface area (Å²) < 4.78 is 39.1. The number of ether oxygens (including phenoxy) is 1. The maximum Gasteiger partial charge on any atom is 0.490 e. The number of amides is 1. The van der Waals surface area contributed by atoms with E-state index in [0.717, 1.165) is 46.6 Å². The molecular weight excluding hydrogens is 657 g/mol. The van der Waals surface area contributed by atoms with Gasteiger partial charge in [0.25, 0.3) is 5.91 Å². The molecule has 4 heterocycles. The van der Waals surface area contributed by atoms with E-state index in [4.69, 9.17) is 24.6 Å². The Balaban J connectivity index is 0.000000630. The van der Waals surface area contributed by atoms with Gasteiger partial charge >= 0.3 is 18.1 Å². The number of nitrogens with one attached hydrogen (secondary N) is 1. The fourth-order valence-corrected chi connectivity index (χ4v) is 5.25. The Morgan fingerprint density at radius 3 is 2.24 bits per heavy atom. The van der Waals surface area contributed by atoms with Gasteiger partial charge in [0.15, 0.2) is 5.65 Å². The zero-order chi connectivity index (χ0) is 36.0. The second kappa shape index (κ2) is 15.2. The zero-order valence-electron chi connectivity index (χ0n) is 27.0. The Kier molecular flexibility index (Phi) is 10.8. The molecule has 0 spiro atoms. The number of alkyl halides is 3. The van der Waals surface area contributed by atoms with Gasteiger partial charge in [-0.25, -0.2) is 24.1 Å². The van der Waals surface area contributed by atoms with Crippen LogP contribution in [0, 0.1) is 5.92 Å². The number of hydrogen-bond acceptors (Lipinski definition) is 8. The van der Waals surface area contributed by atoms with Crippen molar-refractivity contribution in [2.24, 2.45) is 5.92 Å². The van der Waals surface area contributed by atoms with E-state index in [1.165, 1.54) is 0 Å². The van der Waals surface area contributed by atoms with Crippen LogP contribution in [-0.2, 0) is 14.3 Å². The van der Waals surface area contributed by atoms with Crippen molar-refractivity contribution in [3.63, 3.8) is 0 Å². The number of halogens is 3. The second-order valence-electron chi connectivity index (χ2n) is 11.6. The third-order valence-electron chi connectivity index (χ3n) is 7.79. The lowest BCUT2D eigenvalue weighted by molar-refractivity contribution is -0.192. The van der Waals surface area contributed by atoms with Gasteiger partial charge in [0.1, 0.15) is 11.7 Å². The van der Waals surface area contributed by atoms with Crippen LogP contribution in [0.5, 0.6) is 0 Å². The van der Waals surface area contributed by atoms with Crippen molar-refractivity contribution in [2.75, 3.05) is 31.2 Å². The number of carboxylic acids is 2. The molecule has 0 radical (unpaired) electrons. The molecule has 5 aromatic rings. The summed E-state index contributed by atoms with van der Waals surface area (Å²) >= 11 is 0. The first-order valence-corrected chi connectivity index (χ1v) is 15.5. The molecule has 6 rings (SSSR count). The molecule has 1 saturated heterocycles. The molecule has 1 aliphatic rings. The van der Waals surface area contributed by atoms with Crippen molar-refractivity contribution in [3.8, 4) is 11.3 Å². The lowest BCUT2D eigenvalue weighted by atomic mass is 10.0. The molecule has 15 heteroatoms. The van der Waals surface area contributed by atoms with Crippen LogP contribution >= 0.6 is 0 Å². The summed E-state index contributed by atoms with van der Waals surface area (Å²) in [4.78, 5) is 45.4. The van der Waals surface area contributed by atoms with Crippen LogP contribution in [-0.4, -0.2) is 86.2 Å². The molecule has 1 amide bonds. The number of fused-ring (bicyclic) bond motifs is 2. The van der Waals surface area contributed by atoms with Gasteiger partial charge in [-0.1, -0.05) is 50.2 Å². The van der Waals surface area contributed by atoms with Gasteiger partial charge < -0.3 is 25.2 Å². The molecule has 50 heavy (non-hydrogen) atoms. The summed E-state index contributed by atoms with van der Waals surface area (Å²) in [7, 11) is 0. The third-order valence-corrected chi connectivity index (χ3v) is 7.79. The number of anilines is 1. The normalized spacial score (nSPS) is 14.1. The molecule has 1 fully saturated rings. The molecule has 3 N–H and O–H groups in total. The molecule has 1 aliphatic heterocycles. The standard InChI is InChI=1S/C33H32N6O4.C2HF3O2/c1-21(2)29(33(41)42)37-32(40)24-9-7-23(8-10-24)30-27(14-13-25-12-11-22-5-3-4-6-26(22)35-25)36-31-28(15-16-34-39(30)31)38-17-19-43-20-18-38;3-2(4,5)1(6)7/h3-16,21,29H,17-20H2,1-2H3,(H,37,40)(H,41,42);(H,6,7)/t29-;/m0./s1. The first kappa shape index (κ1) is 35.5. The molecule has 0 unspecified atom stereocenters. The number of imidazole rings is 1. The quantitative estimate of drug-likeness (QED) is 0.192. The van der Waals surface area contributed by atoms with E-state index in [9.17, 15) is 27.9 Å². The number of carboxylic acid groups (broad SMARTS) is 2. The first-order chi connectivity index (χ1) is 23.8. The Bertz CT molecular complexity index is 2040. The number of carbonyl (C=O) groups excluding carboxylic acids is 1. The zero-order valence-corrected chi connectivity index (χ0v) is 27.0. The van der Waals surface area contributed by atoms with Gasteiger partial charge in [0.05, 0.1) is 42.0 Å². The number of nitrogens with zero attached hydrogens (tertiary/aromatic N) is 5. The Morgan fingerprint density at radius 1 is 0.920 bits per heavy atom. The molecule has 0 bridgehead atoms. The number of rotatable bonds is 8. The maximum atomic E-state index is 12.9. The summed E-state index contributed by atoms with van der Waals surface area (Å²) in [6.07, 6.45) is 0.554. The Labute approximate surface area is 283 Å². The minimum absolute atomic E-state index is 0.253. The van der Waals surface area contributed by atoms with Gasteiger partial charge in [-0.05, 0) is 48.4 Å². The topological polar surface area (TPSA) is 159 Å². The number of morpholine rings is 1. The average molecular weight is 691 g/mol. The molecule has 1 atom stereocenters. The van der Waals surface area contributed by atoms with Crippen molar-refractivity contribution in [1.82, 2.24) is 24.9 Å². The van der Waals surface area contributed by atoms with Crippen LogP contribution in [0.1, 0.15) is 35.6 Å². The fourth-order valence-electron chi connectivity index (χ4n) is 5.25. The van der Waals surface area contributed by atoms with Gasteiger partial charge in [0, 0.05) is 29.6 Å². The fraction of sp³-hybridized carbons (Fsp3) is 0.257. The van der Waals surface area contributed by atoms with Crippen molar-refractivity contribution in [2.45, 2.75) is 26.1 Å².